The maximum absolute atomic E-state index is 11.8. The number of benzene rings is 1. The number of rotatable bonds is 10. The van der Waals surface area contributed by atoms with E-state index in [1.165, 1.54) is 6.07 Å². The molecule has 0 bridgehead atoms. The lowest BCUT2D eigenvalue weighted by atomic mass is 10.2. The van der Waals surface area contributed by atoms with Crippen LogP contribution in [0.25, 0.3) is 0 Å². The quantitative estimate of drug-likeness (QED) is 0.507. The van der Waals surface area contributed by atoms with Gasteiger partial charge in [0.05, 0.1) is 44.5 Å². The Balaban J connectivity index is 2.24. The Hall–Kier alpha value is -0.990. The van der Waals surface area contributed by atoms with Gasteiger partial charge in [-0.2, -0.15) is 8.42 Å². The highest BCUT2D eigenvalue weighted by molar-refractivity contribution is 7.86. The van der Waals surface area contributed by atoms with Crippen LogP contribution in [-0.2, 0) is 23.8 Å². The highest BCUT2D eigenvalue weighted by atomic mass is 32.2. The molecule has 0 saturated carbocycles. The zero-order valence-corrected chi connectivity index (χ0v) is 12.3. The molecule has 20 heavy (non-hydrogen) atoms. The zero-order chi connectivity index (χ0) is 14.8. The normalized spacial score (nSPS) is 11.7. The fraction of sp³-hybridized carbons (Fsp3) is 0.538. The molecule has 0 aliphatic carbocycles. The van der Waals surface area contributed by atoms with Gasteiger partial charge in [0.2, 0.25) is 0 Å². The average Bonchev–Trinajstić information content (AvgIpc) is 2.42. The number of aliphatic hydroxyl groups excluding tert-OH is 1. The zero-order valence-electron chi connectivity index (χ0n) is 11.4. The molecule has 0 amide bonds. The van der Waals surface area contributed by atoms with E-state index < -0.39 is 10.1 Å². The lowest BCUT2D eigenvalue weighted by Gasteiger charge is -2.07. The van der Waals surface area contributed by atoms with Gasteiger partial charge in [0, 0.05) is 0 Å². The summed E-state index contributed by atoms with van der Waals surface area (Å²) in [4.78, 5) is 0.142. The van der Waals surface area contributed by atoms with E-state index in [0.29, 0.717) is 13.2 Å². The minimum atomic E-state index is -3.73. The van der Waals surface area contributed by atoms with Gasteiger partial charge in [-0.25, -0.2) is 0 Å². The van der Waals surface area contributed by atoms with Gasteiger partial charge in [-0.05, 0) is 24.6 Å². The molecule has 0 aliphatic rings. The highest BCUT2D eigenvalue weighted by Crippen LogP contribution is 2.13. The molecule has 0 spiro atoms. The van der Waals surface area contributed by atoms with E-state index in [9.17, 15) is 8.42 Å². The Bertz CT molecular complexity index is 485. The number of ether oxygens (including phenoxy) is 2. The van der Waals surface area contributed by atoms with Crippen LogP contribution in [-0.4, -0.2) is 53.2 Å². The second-order valence-electron chi connectivity index (χ2n) is 4.04. The summed E-state index contributed by atoms with van der Waals surface area (Å²) < 4.78 is 38.6. The molecule has 1 rings (SSSR count). The predicted octanol–water partition coefficient (Wildman–Crippen LogP) is 0.726. The molecular formula is C13H20O6S. The second-order valence-corrected chi connectivity index (χ2v) is 5.66. The fourth-order valence-corrected chi connectivity index (χ4v) is 2.43. The third-order valence-corrected chi connectivity index (χ3v) is 3.66. The number of hydrogen-bond donors (Lipinski definition) is 1. The van der Waals surface area contributed by atoms with Crippen LogP contribution in [0.5, 0.6) is 0 Å². The van der Waals surface area contributed by atoms with Crippen molar-refractivity contribution >= 4 is 10.1 Å². The Morgan fingerprint density at radius 3 is 2.35 bits per heavy atom. The fourth-order valence-electron chi connectivity index (χ4n) is 1.43. The van der Waals surface area contributed by atoms with E-state index in [0.717, 1.165) is 5.56 Å². The maximum Gasteiger partial charge on any atom is 0.297 e. The van der Waals surface area contributed by atoms with Gasteiger partial charge in [0.15, 0.2) is 0 Å². The van der Waals surface area contributed by atoms with Crippen molar-refractivity contribution in [1.29, 1.82) is 0 Å². The van der Waals surface area contributed by atoms with Crippen LogP contribution in [0.1, 0.15) is 5.56 Å². The maximum atomic E-state index is 11.8. The molecule has 114 valence electrons. The lowest BCUT2D eigenvalue weighted by molar-refractivity contribution is 0.0252. The van der Waals surface area contributed by atoms with Crippen molar-refractivity contribution < 1.29 is 27.2 Å². The summed E-state index contributed by atoms with van der Waals surface area (Å²) in [5.74, 6) is 0. The van der Waals surface area contributed by atoms with E-state index >= 15 is 0 Å². The van der Waals surface area contributed by atoms with Crippen LogP contribution >= 0.6 is 0 Å². The first-order valence-electron chi connectivity index (χ1n) is 6.29. The third-order valence-electron chi connectivity index (χ3n) is 2.35. The van der Waals surface area contributed by atoms with Crippen molar-refractivity contribution in [2.75, 3.05) is 39.6 Å². The van der Waals surface area contributed by atoms with Crippen LogP contribution in [0.4, 0.5) is 0 Å². The van der Waals surface area contributed by atoms with Crippen LogP contribution in [0.3, 0.4) is 0 Å². The monoisotopic (exact) mass is 304 g/mol. The standard InChI is InChI=1S/C13H20O6S/c1-12-3-2-4-13(11-12)20(15,16)19-10-9-18-8-7-17-6-5-14/h2-4,11,14H,5-10H2,1H3. The Labute approximate surface area is 119 Å². The molecule has 0 fully saturated rings. The summed E-state index contributed by atoms with van der Waals surface area (Å²) in [6.07, 6.45) is 0. The van der Waals surface area contributed by atoms with Crippen molar-refractivity contribution in [3.05, 3.63) is 29.8 Å². The minimum Gasteiger partial charge on any atom is -0.394 e. The van der Waals surface area contributed by atoms with Gasteiger partial charge in [0.1, 0.15) is 0 Å². The van der Waals surface area contributed by atoms with Crippen molar-refractivity contribution in [3.8, 4) is 0 Å². The molecule has 0 radical (unpaired) electrons. The molecule has 0 atom stereocenters. The number of hydrogen-bond acceptors (Lipinski definition) is 6. The van der Waals surface area contributed by atoms with E-state index in [1.807, 2.05) is 13.0 Å². The summed E-state index contributed by atoms with van der Waals surface area (Å²) in [5, 5.41) is 8.47. The van der Waals surface area contributed by atoms with Crippen molar-refractivity contribution in [3.63, 3.8) is 0 Å². The topological polar surface area (TPSA) is 82.1 Å². The van der Waals surface area contributed by atoms with Gasteiger partial charge in [-0.1, -0.05) is 12.1 Å². The van der Waals surface area contributed by atoms with Crippen molar-refractivity contribution in [2.24, 2.45) is 0 Å². The summed E-state index contributed by atoms with van der Waals surface area (Å²) in [6.45, 7) is 2.84. The second kappa shape index (κ2) is 9.04. The van der Waals surface area contributed by atoms with Crippen LogP contribution < -0.4 is 0 Å². The molecule has 1 aromatic rings. The molecule has 1 aromatic carbocycles. The van der Waals surface area contributed by atoms with E-state index in [4.69, 9.17) is 18.8 Å². The third kappa shape index (κ3) is 6.44. The van der Waals surface area contributed by atoms with Crippen LogP contribution in [0.15, 0.2) is 29.2 Å². The molecule has 0 unspecified atom stereocenters. The summed E-state index contributed by atoms with van der Waals surface area (Å²) in [5.41, 5.74) is 0.854. The van der Waals surface area contributed by atoms with Gasteiger partial charge < -0.3 is 14.6 Å². The molecule has 0 aliphatic heterocycles. The lowest BCUT2D eigenvalue weighted by Crippen LogP contribution is -2.14. The first-order valence-corrected chi connectivity index (χ1v) is 7.69. The molecule has 0 aromatic heterocycles. The van der Waals surface area contributed by atoms with Gasteiger partial charge >= 0.3 is 0 Å². The van der Waals surface area contributed by atoms with E-state index in [-0.39, 0.29) is 31.3 Å². The van der Waals surface area contributed by atoms with Crippen molar-refractivity contribution in [2.45, 2.75) is 11.8 Å². The highest BCUT2D eigenvalue weighted by Gasteiger charge is 2.14. The predicted molar refractivity (Wildman–Crippen MR) is 73.0 cm³/mol. The smallest absolute Gasteiger partial charge is 0.297 e. The first kappa shape index (κ1) is 17.1. The molecule has 6 nitrogen and oxygen atoms in total. The average molecular weight is 304 g/mol. The molecule has 7 heteroatoms. The molecule has 1 N–H and O–H groups in total. The van der Waals surface area contributed by atoms with E-state index in [1.54, 1.807) is 12.1 Å². The van der Waals surface area contributed by atoms with Crippen LogP contribution in [0.2, 0.25) is 0 Å². The summed E-state index contributed by atoms with van der Waals surface area (Å²) in [7, 11) is -3.73. The SMILES string of the molecule is Cc1cccc(S(=O)(=O)OCCOCCOCCO)c1. The number of aryl methyl sites for hydroxylation is 1. The first-order chi connectivity index (χ1) is 9.56. The molecule has 0 saturated heterocycles. The largest absolute Gasteiger partial charge is 0.394 e. The molecular weight excluding hydrogens is 284 g/mol. The minimum absolute atomic E-state index is 0.0299. The Morgan fingerprint density at radius 1 is 1.05 bits per heavy atom. The molecule has 0 heterocycles. The Morgan fingerprint density at radius 2 is 1.70 bits per heavy atom. The Kier molecular flexibility index (Phi) is 7.71. The van der Waals surface area contributed by atoms with Gasteiger partial charge in [-0.15, -0.1) is 0 Å². The van der Waals surface area contributed by atoms with Gasteiger partial charge in [-0.3, -0.25) is 4.18 Å². The summed E-state index contributed by atoms with van der Waals surface area (Å²) >= 11 is 0. The van der Waals surface area contributed by atoms with E-state index in [2.05, 4.69) is 0 Å². The van der Waals surface area contributed by atoms with Gasteiger partial charge in [0.25, 0.3) is 10.1 Å². The summed E-state index contributed by atoms with van der Waals surface area (Å²) in [6, 6.07) is 6.53. The van der Waals surface area contributed by atoms with Crippen LogP contribution in [0, 0.1) is 6.92 Å². The number of aliphatic hydroxyl groups is 1. The van der Waals surface area contributed by atoms with Crippen molar-refractivity contribution in [1.82, 2.24) is 0 Å².